The third kappa shape index (κ3) is 17.1. The lowest BCUT2D eigenvalue weighted by Crippen LogP contribution is -2.47. The fourth-order valence-electron chi connectivity index (χ4n) is 9.86. The average molecular weight is 949 g/mol. The quantitative estimate of drug-likeness (QED) is 0.0366. The molecule has 0 aliphatic carbocycles. The topological polar surface area (TPSA) is 130 Å². The summed E-state index contributed by atoms with van der Waals surface area (Å²) in [6.45, 7) is 9.44. The summed E-state index contributed by atoms with van der Waals surface area (Å²) in [6.07, 6.45) is 24.1. The van der Waals surface area contributed by atoms with Gasteiger partial charge in [0, 0.05) is 0 Å². The molecule has 12 nitrogen and oxygen atoms in total. The van der Waals surface area contributed by atoms with Gasteiger partial charge in [-0.2, -0.15) is 0 Å². The number of methoxy groups -OCH3 is 2. The zero-order valence-corrected chi connectivity index (χ0v) is 42.9. The number of nitrogens with zero attached hydrogens (tertiary/aromatic N) is 2. The SMILES string of the molecule is CCCCCCCCOC(=O)[C@H]1[C@@H](c2ccc(OC)cc2)N2[C@@H](C(=O)OCCCCCCCC)[C@@H](C(=O)OCCCCCCCC)[C@@H](c3ccc(OC)cc3)N2[C@H]1C(=O)OCCCCCCCC. The van der Waals surface area contributed by atoms with Crippen LogP contribution in [0.15, 0.2) is 48.5 Å². The van der Waals surface area contributed by atoms with E-state index in [0.29, 0.717) is 48.3 Å². The Bertz CT molecular complexity index is 1600. The third-order valence-corrected chi connectivity index (χ3v) is 13.7. The van der Waals surface area contributed by atoms with Crippen molar-refractivity contribution >= 4 is 23.9 Å². The van der Waals surface area contributed by atoms with Crippen LogP contribution in [0.2, 0.25) is 0 Å². The van der Waals surface area contributed by atoms with Crippen LogP contribution in [-0.4, -0.2) is 86.6 Å². The Labute approximate surface area is 409 Å². The van der Waals surface area contributed by atoms with Gasteiger partial charge < -0.3 is 28.4 Å². The van der Waals surface area contributed by atoms with Crippen molar-refractivity contribution < 1.29 is 47.6 Å². The van der Waals surface area contributed by atoms with E-state index in [4.69, 9.17) is 28.4 Å². The van der Waals surface area contributed by atoms with Crippen LogP contribution >= 0.6 is 0 Å². The van der Waals surface area contributed by atoms with Gasteiger partial charge >= 0.3 is 23.9 Å². The lowest BCUT2D eigenvalue weighted by molar-refractivity contribution is -0.163. The molecule has 0 bridgehead atoms. The van der Waals surface area contributed by atoms with Gasteiger partial charge in [-0.25, -0.2) is 10.0 Å². The number of carbonyl (C=O) groups is 4. The summed E-state index contributed by atoms with van der Waals surface area (Å²) in [6, 6.07) is 10.2. The normalized spacial score (nSPS) is 20.2. The molecule has 0 radical (unpaired) electrons. The first kappa shape index (κ1) is 56.4. The summed E-state index contributed by atoms with van der Waals surface area (Å²) in [4.78, 5) is 60.1. The molecular weight excluding hydrogens is 861 g/mol. The number of hydrogen-bond donors (Lipinski definition) is 0. The molecule has 0 aromatic heterocycles. The van der Waals surface area contributed by atoms with Gasteiger partial charge in [0.2, 0.25) is 0 Å². The highest BCUT2D eigenvalue weighted by molar-refractivity contribution is 5.90. The second-order valence-corrected chi connectivity index (χ2v) is 18.9. The molecule has 2 fully saturated rings. The molecule has 382 valence electrons. The fraction of sp³-hybridized carbons (Fsp3) is 0.714. The Balaban J connectivity index is 1.86. The maximum atomic E-state index is 15.1. The maximum Gasteiger partial charge on any atom is 0.325 e. The molecule has 2 aliphatic rings. The smallest absolute Gasteiger partial charge is 0.325 e. The molecule has 2 saturated heterocycles. The van der Waals surface area contributed by atoms with Crippen LogP contribution in [0.4, 0.5) is 0 Å². The van der Waals surface area contributed by atoms with Gasteiger partial charge in [-0.15, -0.1) is 0 Å². The van der Waals surface area contributed by atoms with Crippen molar-refractivity contribution in [1.82, 2.24) is 10.0 Å². The summed E-state index contributed by atoms with van der Waals surface area (Å²) in [5.74, 6) is -3.44. The van der Waals surface area contributed by atoms with Crippen molar-refractivity contribution in [2.45, 2.75) is 206 Å². The predicted molar refractivity (Wildman–Crippen MR) is 267 cm³/mol. The summed E-state index contributed by atoms with van der Waals surface area (Å²) < 4.78 is 35.8. The highest BCUT2D eigenvalue weighted by Gasteiger charge is 2.69. The van der Waals surface area contributed by atoms with Gasteiger partial charge in [0.15, 0.2) is 0 Å². The molecule has 6 atom stereocenters. The Morgan fingerprint density at radius 3 is 0.882 bits per heavy atom. The minimum Gasteiger partial charge on any atom is -0.497 e. The van der Waals surface area contributed by atoms with Gasteiger partial charge in [0.05, 0.1) is 52.7 Å². The van der Waals surface area contributed by atoms with Crippen LogP contribution in [0.1, 0.15) is 205 Å². The summed E-state index contributed by atoms with van der Waals surface area (Å²) in [5, 5.41) is 3.56. The van der Waals surface area contributed by atoms with Crippen molar-refractivity contribution in [2.24, 2.45) is 11.8 Å². The highest BCUT2D eigenvalue weighted by atomic mass is 16.6. The van der Waals surface area contributed by atoms with E-state index < -0.39 is 59.9 Å². The minimum absolute atomic E-state index is 0.169. The van der Waals surface area contributed by atoms with Gasteiger partial charge in [-0.3, -0.25) is 19.2 Å². The molecule has 0 amide bonds. The average Bonchev–Trinajstić information content (AvgIpc) is 3.88. The predicted octanol–water partition coefficient (Wildman–Crippen LogP) is 12.6. The highest BCUT2D eigenvalue weighted by Crippen LogP contribution is 2.56. The minimum atomic E-state index is -1.27. The molecule has 0 spiro atoms. The summed E-state index contributed by atoms with van der Waals surface area (Å²) >= 11 is 0. The van der Waals surface area contributed by atoms with E-state index in [1.54, 1.807) is 48.5 Å². The van der Waals surface area contributed by atoms with Crippen LogP contribution in [0.3, 0.4) is 0 Å². The second kappa shape index (κ2) is 32.6. The molecular formula is C56H88N2O10. The first-order valence-electron chi connectivity index (χ1n) is 26.8. The first-order valence-corrected chi connectivity index (χ1v) is 26.8. The largest absolute Gasteiger partial charge is 0.497 e. The number of carbonyl (C=O) groups excluding carboxylic acids is 4. The molecule has 68 heavy (non-hydrogen) atoms. The third-order valence-electron chi connectivity index (χ3n) is 13.7. The van der Waals surface area contributed by atoms with Gasteiger partial charge in [-0.05, 0) is 61.1 Å². The van der Waals surface area contributed by atoms with Crippen molar-refractivity contribution in [3.05, 3.63) is 59.7 Å². The number of unbranched alkanes of at least 4 members (excludes halogenated alkanes) is 20. The van der Waals surface area contributed by atoms with E-state index in [2.05, 4.69) is 27.7 Å². The van der Waals surface area contributed by atoms with Gasteiger partial charge in [0.25, 0.3) is 0 Å². The molecule has 2 heterocycles. The van der Waals surface area contributed by atoms with E-state index in [1.807, 2.05) is 24.3 Å². The van der Waals surface area contributed by atoms with Crippen molar-refractivity contribution in [3.63, 3.8) is 0 Å². The molecule has 2 aromatic carbocycles. The molecule has 0 unspecified atom stereocenters. The van der Waals surface area contributed by atoms with Gasteiger partial charge in [-0.1, -0.05) is 180 Å². The Hall–Kier alpha value is -4.16. The zero-order valence-electron chi connectivity index (χ0n) is 42.9. The van der Waals surface area contributed by atoms with Crippen LogP contribution < -0.4 is 9.47 Å². The van der Waals surface area contributed by atoms with Crippen molar-refractivity contribution in [2.75, 3.05) is 40.6 Å². The van der Waals surface area contributed by atoms with Gasteiger partial charge in [0.1, 0.15) is 35.4 Å². The van der Waals surface area contributed by atoms with E-state index in [0.717, 1.165) is 128 Å². The van der Waals surface area contributed by atoms with Crippen LogP contribution in [-0.2, 0) is 38.1 Å². The first-order chi connectivity index (χ1) is 33.3. The van der Waals surface area contributed by atoms with E-state index >= 15 is 9.59 Å². The number of rotatable bonds is 36. The number of benzene rings is 2. The van der Waals surface area contributed by atoms with Crippen LogP contribution in [0.25, 0.3) is 0 Å². The number of hydrogen-bond acceptors (Lipinski definition) is 12. The van der Waals surface area contributed by atoms with E-state index in [9.17, 15) is 9.59 Å². The molecule has 0 N–H and O–H groups in total. The zero-order chi connectivity index (χ0) is 48.9. The summed E-state index contributed by atoms with van der Waals surface area (Å²) in [5.41, 5.74) is 1.29. The lowest BCUT2D eigenvalue weighted by atomic mass is 9.82. The maximum absolute atomic E-state index is 15.1. The second-order valence-electron chi connectivity index (χ2n) is 18.9. The van der Waals surface area contributed by atoms with E-state index in [1.165, 1.54) is 0 Å². The number of fused-ring (bicyclic) bond motifs is 1. The lowest BCUT2D eigenvalue weighted by Gasteiger charge is -2.32. The molecule has 4 rings (SSSR count). The number of hydrazine groups is 1. The molecule has 2 aromatic rings. The number of esters is 4. The molecule has 0 saturated carbocycles. The van der Waals surface area contributed by atoms with E-state index in [-0.39, 0.29) is 26.4 Å². The fourth-order valence-corrected chi connectivity index (χ4v) is 9.86. The Morgan fingerprint density at radius 1 is 0.368 bits per heavy atom. The van der Waals surface area contributed by atoms with Crippen LogP contribution in [0, 0.1) is 11.8 Å². The van der Waals surface area contributed by atoms with Crippen molar-refractivity contribution in [1.29, 1.82) is 0 Å². The standard InChI is InChI=1S/C56H88N2O10/c1-7-11-15-19-23-27-39-65-53(59)47-49(43-31-35-45(63-5)36-32-43)57-52(56(62)68-42-30-26-22-18-14-10-4)48(54(60)66-40-28-24-20-16-12-8-2)50(44-33-37-46(64-6)38-34-44)58(57)51(47)55(61)67-41-29-25-21-17-13-9-3/h31-38,47-52H,7-30,39-42H2,1-6H3/t47-,48-,49+,50+,51+,52+/m0/s1. The Morgan fingerprint density at radius 2 is 0.618 bits per heavy atom. The Kier molecular flexibility index (Phi) is 27.1. The van der Waals surface area contributed by atoms with Crippen LogP contribution in [0.5, 0.6) is 11.5 Å². The summed E-state index contributed by atoms with van der Waals surface area (Å²) in [7, 11) is 3.17. The molecule has 12 heteroatoms. The van der Waals surface area contributed by atoms with Crippen molar-refractivity contribution in [3.8, 4) is 11.5 Å². The molecule has 2 aliphatic heterocycles. The number of ether oxygens (including phenoxy) is 6. The monoisotopic (exact) mass is 949 g/mol.